The molecule has 1 fully saturated rings. The number of aromatic nitrogens is 2. The number of fused-ring (bicyclic) bond motifs is 2. The van der Waals surface area contributed by atoms with E-state index in [0.29, 0.717) is 42.4 Å². The second-order valence-corrected chi connectivity index (χ2v) is 11.0. The normalized spacial score (nSPS) is 17.5. The van der Waals surface area contributed by atoms with Crippen LogP contribution in [-0.4, -0.2) is 61.8 Å². The van der Waals surface area contributed by atoms with Crippen LogP contribution >= 0.6 is 0 Å². The third-order valence-electron chi connectivity index (χ3n) is 6.66. The van der Waals surface area contributed by atoms with Gasteiger partial charge in [-0.2, -0.15) is 4.31 Å². The van der Waals surface area contributed by atoms with E-state index in [1.807, 2.05) is 43.1 Å². The van der Waals surface area contributed by atoms with Crippen molar-refractivity contribution >= 4 is 38.6 Å². The molecule has 34 heavy (non-hydrogen) atoms. The van der Waals surface area contributed by atoms with Crippen LogP contribution in [0.5, 0.6) is 0 Å². The SMILES string of the molecule is Cc1ccc(S(=O)(=O)N2CCCCC2)cc1C(=O)N1CCCN(C)c2nc3ccccc3nc21. The highest BCUT2D eigenvalue weighted by atomic mass is 32.2. The fraction of sp³-hybridized carbons (Fsp3) is 0.400. The van der Waals surface area contributed by atoms with E-state index in [1.165, 1.54) is 10.4 Å². The van der Waals surface area contributed by atoms with Crippen LogP contribution in [-0.2, 0) is 10.0 Å². The maximum absolute atomic E-state index is 13.9. The summed E-state index contributed by atoms with van der Waals surface area (Å²) in [4.78, 5) is 27.3. The summed E-state index contributed by atoms with van der Waals surface area (Å²) in [6.45, 7) is 4.10. The molecule has 5 rings (SSSR count). The summed E-state index contributed by atoms with van der Waals surface area (Å²) in [5, 5.41) is 0. The number of benzene rings is 2. The quantitative estimate of drug-likeness (QED) is 0.571. The standard InChI is InChI=1S/C25H29N5O3S/c1-18-11-12-19(34(32,33)29-14-6-3-7-15-29)17-20(18)25(31)30-16-8-13-28(2)23-24(30)27-22-10-5-4-9-21(22)26-23/h4-5,9-12,17H,3,6-8,13-16H2,1-2H3. The number of aryl methyl sites for hydroxylation is 1. The summed E-state index contributed by atoms with van der Waals surface area (Å²) >= 11 is 0. The number of piperidine rings is 1. The number of anilines is 2. The van der Waals surface area contributed by atoms with E-state index in [9.17, 15) is 13.2 Å². The van der Waals surface area contributed by atoms with Crippen LogP contribution in [0.4, 0.5) is 11.6 Å². The first-order chi connectivity index (χ1) is 16.4. The van der Waals surface area contributed by atoms with Gasteiger partial charge in [0.1, 0.15) is 0 Å². The van der Waals surface area contributed by atoms with Crippen molar-refractivity contribution in [2.24, 2.45) is 0 Å². The number of hydrogen-bond acceptors (Lipinski definition) is 6. The molecule has 8 nitrogen and oxygen atoms in total. The van der Waals surface area contributed by atoms with Crippen molar-refractivity contribution < 1.29 is 13.2 Å². The molecule has 1 amide bonds. The van der Waals surface area contributed by atoms with Gasteiger partial charge in [0.2, 0.25) is 10.0 Å². The van der Waals surface area contributed by atoms with E-state index in [0.717, 1.165) is 43.3 Å². The molecule has 9 heteroatoms. The molecule has 3 heterocycles. The van der Waals surface area contributed by atoms with Gasteiger partial charge in [-0.3, -0.25) is 9.69 Å². The monoisotopic (exact) mass is 479 g/mol. The average Bonchev–Trinajstić information content (AvgIpc) is 3.01. The Morgan fingerprint density at radius 2 is 1.53 bits per heavy atom. The molecule has 1 saturated heterocycles. The van der Waals surface area contributed by atoms with Crippen molar-refractivity contribution in [3.63, 3.8) is 0 Å². The Bertz CT molecular complexity index is 1350. The largest absolute Gasteiger partial charge is 0.357 e. The van der Waals surface area contributed by atoms with Gasteiger partial charge in [0.05, 0.1) is 15.9 Å². The van der Waals surface area contributed by atoms with Gasteiger partial charge in [-0.1, -0.05) is 24.6 Å². The summed E-state index contributed by atoms with van der Waals surface area (Å²) in [6, 6.07) is 12.5. The minimum absolute atomic E-state index is 0.167. The van der Waals surface area contributed by atoms with Crippen molar-refractivity contribution in [1.29, 1.82) is 0 Å². The number of nitrogens with zero attached hydrogens (tertiary/aromatic N) is 5. The van der Waals surface area contributed by atoms with Gasteiger partial charge in [0, 0.05) is 38.8 Å². The number of carbonyl (C=O) groups excluding carboxylic acids is 1. The van der Waals surface area contributed by atoms with Gasteiger partial charge in [0.15, 0.2) is 11.6 Å². The van der Waals surface area contributed by atoms with Crippen LogP contribution in [0.2, 0.25) is 0 Å². The van der Waals surface area contributed by atoms with Gasteiger partial charge < -0.3 is 4.90 Å². The van der Waals surface area contributed by atoms with Crippen LogP contribution in [0.1, 0.15) is 41.6 Å². The van der Waals surface area contributed by atoms with Crippen LogP contribution in [0.3, 0.4) is 0 Å². The second kappa shape index (κ2) is 8.96. The first-order valence-corrected chi connectivity index (χ1v) is 13.2. The van der Waals surface area contributed by atoms with E-state index < -0.39 is 10.0 Å². The summed E-state index contributed by atoms with van der Waals surface area (Å²) in [5.41, 5.74) is 2.60. The Balaban J connectivity index is 1.57. The molecule has 178 valence electrons. The molecule has 0 unspecified atom stereocenters. The lowest BCUT2D eigenvalue weighted by Gasteiger charge is -2.27. The number of hydrogen-bond donors (Lipinski definition) is 0. The highest BCUT2D eigenvalue weighted by molar-refractivity contribution is 7.89. The Morgan fingerprint density at radius 3 is 2.24 bits per heavy atom. The second-order valence-electron chi connectivity index (χ2n) is 9.03. The Kier molecular flexibility index (Phi) is 5.99. The lowest BCUT2D eigenvalue weighted by molar-refractivity contribution is 0.0985. The first kappa shape index (κ1) is 22.7. The highest BCUT2D eigenvalue weighted by Gasteiger charge is 2.31. The molecule has 3 aromatic rings. The van der Waals surface area contributed by atoms with E-state index in [-0.39, 0.29) is 10.8 Å². The number of carbonyl (C=O) groups is 1. The molecular weight excluding hydrogens is 450 g/mol. The fourth-order valence-corrected chi connectivity index (χ4v) is 6.23. The Hall–Kier alpha value is -3.04. The minimum atomic E-state index is -3.64. The third kappa shape index (κ3) is 4.03. The number of para-hydroxylation sites is 2. The summed E-state index contributed by atoms with van der Waals surface area (Å²) < 4.78 is 28.1. The molecule has 0 spiro atoms. The molecule has 0 atom stereocenters. The predicted octanol–water partition coefficient (Wildman–Crippen LogP) is 3.60. The van der Waals surface area contributed by atoms with Gasteiger partial charge in [-0.05, 0) is 56.0 Å². The third-order valence-corrected chi connectivity index (χ3v) is 8.56. The lowest BCUT2D eigenvalue weighted by atomic mass is 10.1. The number of amides is 1. The lowest BCUT2D eigenvalue weighted by Crippen LogP contribution is -2.36. The van der Waals surface area contributed by atoms with Gasteiger partial charge >= 0.3 is 0 Å². The number of sulfonamides is 1. The maximum Gasteiger partial charge on any atom is 0.259 e. The summed E-state index contributed by atoms with van der Waals surface area (Å²) in [6.07, 6.45) is 3.52. The zero-order valence-corrected chi connectivity index (χ0v) is 20.4. The highest BCUT2D eigenvalue weighted by Crippen LogP contribution is 2.32. The van der Waals surface area contributed by atoms with Crippen LogP contribution in [0.25, 0.3) is 11.0 Å². The van der Waals surface area contributed by atoms with Crippen LogP contribution < -0.4 is 9.80 Å². The Labute approximate surface area is 200 Å². The van der Waals surface area contributed by atoms with Gasteiger partial charge in [0.25, 0.3) is 5.91 Å². The van der Waals surface area contributed by atoms with Crippen LogP contribution in [0, 0.1) is 6.92 Å². The van der Waals surface area contributed by atoms with E-state index in [2.05, 4.69) is 0 Å². The predicted molar refractivity (Wildman–Crippen MR) is 133 cm³/mol. The van der Waals surface area contributed by atoms with E-state index >= 15 is 0 Å². The maximum atomic E-state index is 13.9. The first-order valence-electron chi connectivity index (χ1n) is 11.8. The van der Waals surface area contributed by atoms with Gasteiger partial charge in [-0.25, -0.2) is 18.4 Å². The topological polar surface area (TPSA) is 86.7 Å². The molecule has 0 N–H and O–H groups in total. The summed E-state index contributed by atoms with van der Waals surface area (Å²) in [5.74, 6) is 0.904. The number of rotatable bonds is 3. The molecule has 1 aromatic heterocycles. The molecular formula is C25H29N5O3S. The molecule has 0 radical (unpaired) electrons. The van der Waals surface area contributed by atoms with Crippen LogP contribution in [0.15, 0.2) is 47.4 Å². The average molecular weight is 480 g/mol. The fourth-order valence-electron chi connectivity index (χ4n) is 4.69. The zero-order valence-electron chi connectivity index (χ0n) is 19.6. The molecule has 0 bridgehead atoms. The van der Waals surface area contributed by atoms with Crippen molar-refractivity contribution in [2.75, 3.05) is 43.0 Å². The van der Waals surface area contributed by atoms with E-state index in [1.54, 1.807) is 17.0 Å². The van der Waals surface area contributed by atoms with Crippen molar-refractivity contribution in [1.82, 2.24) is 14.3 Å². The Morgan fingerprint density at radius 1 is 0.853 bits per heavy atom. The molecule has 2 aromatic carbocycles. The van der Waals surface area contributed by atoms with Crippen molar-refractivity contribution in [2.45, 2.75) is 37.5 Å². The van der Waals surface area contributed by atoms with E-state index in [4.69, 9.17) is 9.97 Å². The summed E-state index contributed by atoms with van der Waals surface area (Å²) in [7, 11) is -1.69. The van der Waals surface area contributed by atoms with Crippen molar-refractivity contribution in [3.8, 4) is 0 Å². The molecule has 2 aliphatic heterocycles. The van der Waals surface area contributed by atoms with Gasteiger partial charge in [-0.15, -0.1) is 0 Å². The molecule has 0 saturated carbocycles. The molecule has 2 aliphatic rings. The van der Waals surface area contributed by atoms with Crippen molar-refractivity contribution in [3.05, 3.63) is 53.6 Å². The zero-order chi connectivity index (χ0) is 23.9. The minimum Gasteiger partial charge on any atom is -0.357 e. The smallest absolute Gasteiger partial charge is 0.259 e. The molecule has 0 aliphatic carbocycles.